The highest BCUT2D eigenvalue weighted by Gasteiger charge is 2.22. The third-order valence-corrected chi connectivity index (χ3v) is 13.8. The Morgan fingerprint density at radius 2 is 0.886 bits per heavy atom. The van der Waals surface area contributed by atoms with Crippen molar-refractivity contribution in [3.8, 4) is 73.1 Å². The molecule has 70 heavy (non-hydrogen) atoms. The SMILES string of the molecule is c1ccc(-c2cc(-c3cccc(-c4ccc(-c5c6c(cc7c(-c8ccccc8)nc8ccccc8c57)oc5ccccc56)cc4)c3)nc(-c3cccc(-n4c5ccccc5c5ccccc54)c3)n2)cc1. The Balaban J connectivity index is 0.901. The van der Waals surface area contributed by atoms with E-state index in [2.05, 4.69) is 229 Å². The van der Waals surface area contributed by atoms with Crippen molar-refractivity contribution >= 4 is 65.4 Å². The smallest absolute Gasteiger partial charge is 0.160 e. The van der Waals surface area contributed by atoms with E-state index >= 15 is 0 Å². The molecule has 14 rings (SSSR count). The van der Waals surface area contributed by atoms with Crippen LogP contribution in [0.25, 0.3) is 139 Å². The van der Waals surface area contributed by atoms with Crippen LogP contribution in [0, 0.1) is 0 Å². The lowest BCUT2D eigenvalue weighted by Gasteiger charge is -2.16. The Labute approximate surface area is 403 Å². The van der Waals surface area contributed by atoms with Crippen molar-refractivity contribution in [2.24, 2.45) is 0 Å². The highest BCUT2D eigenvalue weighted by Crippen LogP contribution is 2.47. The lowest BCUT2D eigenvalue weighted by atomic mass is 9.89. The molecule has 14 aromatic rings. The highest BCUT2D eigenvalue weighted by molar-refractivity contribution is 6.27. The molecule has 4 heterocycles. The summed E-state index contributed by atoms with van der Waals surface area (Å²) in [6.07, 6.45) is 0. The van der Waals surface area contributed by atoms with Crippen molar-refractivity contribution in [2.75, 3.05) is 0 Å². The van der Waals surface area contributed by atoms with Gasteiger partial charge in [-0.3, -0.25) is 0 Å². The summed E-state index contributed by atoms with van der Waals surface area (Å²) >= 11 is 0. The van der Waals surface area contributed by atoms with Crippen LogP contribution in [0.1, 0.15) is 0 Å². The first-order valence-electron chi connectivity index (χ1n) is 23.7. The molecule has 10 aromatic carbocycles. The van der Waals surface area contributed by atoms with Crippen LogP contribution < -0.4 is 0 Å². The number of hydrogen-bond donors (Lipinski definition) is 0. The number of benzene rings is 10. The molecule has 0 saturated carbocycles. The molecule has 0 bridgehead atoms. The number of pyridine rings is 1. The van der Waals surface area contributed by atoms with E-state index in [1.165, 1.54) is 10.8 Å². The van der Waals surface area contributed by atoms with E-state index < -0.39 is 0 Å². The predicted molar refractivity (Wildman–Crippen MR) is 289 cm³/mol. The maximum absolute atomic E-state index is 6.66. The van der Waals surface area contributed by atoms with Gasteiger partial charge < -0.3 is 8.98 Å². The first-order chi connectivity index (χ1) is 34.7. The van der Waals surface area contributed by atoms with Crippen molar-refractivity contribution in [1.29, 1.82) is 0 Å². The van der Waals surface area contributed by atoms with Gasteiger partial charge in [0.15, 0.2) is 5.82 Å². The molecule has 0 N–H and O–H groups in total. The zero-order chi connectivity index (χ0) is 46.1. The third kappa shape index (κ3) is 6.51. The van der Waals surface area contributed by atoms with Crippen LogP contribution in [-0.2, 0) is 0 Å². The van der Waals surface area contributed by atoms with E-state index in [9.17, 15) is 0 Å². The molecular weight excluding hydrogens is 853 g/mol. The quantitative estimate of drug-likeness (QED) is 0.150. The molecule has 0 atom stereocenters. The molecule has 0 aliphatic heterocycles. The van der Waals surface area contributed by atoms with E-state index in [1.54, 1.807) is 0 Å². The molecule has 326 valence electrons. The summed E-state index contributed by atoms with van der Waals surface area (Å²) in [6.45, 7) is 0. The van der Waals surface area contributed by atoms with Crippen molar-refractivity contribution in [3.63, 3.8) is 0 Å². The minimum atomic E-state index is 0.667. The summed E-state index contributed by atoms with van der Waals surface area (Å²) in [5.74, 6) is 0.667. The molecule has 0 aliphatic rings. The van der Waals surface area contributed by atoms with Crippen LogP contribution in [0.3, 0.4) is 0 Å². The van der Waals surface area contributed by atoms with E-state index in [1.807, 2.05) is 18.2 Å². The maximum Gasteiger partial charge on any atom is 0.160 e. The fourth-order valence-electron chi connectivity index (χ4n) is 10.6. The Morgan fingerprint density at radius 1 is 0.314 bits per heavy atom. The lowest BCUT2D eigenvalue weighted by Crippen LogP contribution is -1.98. The van der Waals surface area contributed by atoms with Crippen LogP contribution in [0.15, 0.2) is 247 Å². The summed E-state index contributed by atoms with van der Waals surface area (Å²) in [5, 5.41) is 7.96. The summed E-state index contributed by atoms with van der Waals surface area (Å²) in [4.78, 5) is 15.9. The molecule has 0 aliphatic carbocycles. The molecule has 0 saturated heterocycles. The van der Waals surface area contributed by atoms with E-state index in [-0.39, 0.29) is 0 Å². The minimum absolute atomic E-state index is 0.667. The lowest BCUT2D eigenvalue weighted by molar-refractivity contribution is 0.669. The maximum atomic E-state index is 6.66. The van der Waals surface area contributed by atoms with Gasteiger partial charge in [0.1, 0.15) is 11.2 Å². The molecule has 0 spiro atoms. The number of para-hydroxylation sites is 4. The first-order valence-corrected chi connectivity index (χ1v) is 23.7. The van der Waals surface area contributed by atoms with Gasteiger partial charge in [0.05, 0.1) is 33.6 Å². The monoisotopic (exact) mass is 892 g/mol. The second-order valence-corrected chi connectivity index (χ2v) is 17.9. The van der Waals surface area contributed by atoms with Crippen LogP contribution in [0.2, 0.25) is 0 Å². The van der Waals surface area contributed by atoms with Crippen LogP contribution >= 0.6 is 0 Å². The van der Waals surface area contributed by atoms with Gasteiger partial charge in [-0.1, -0.05) is 188 Å². The van der Waals surface area contributed by atoms with Gasteiger partial charge in [0, 0.05) is 71.2 Å². The molecule has 4 aromatic heterocycles. The standard InChI is InChI=1S/C65H40N4O/c1-3-17-42(18-4-1)55-40-56(68-65(67-55)47-23-16-24-48(38-47)69-57-30-12-8-25-49(57)50-26-9-13-31-58(50)69)46-22-15-21-45(37-46)41-33-35-43(36-34-41)61-62-51-27-7-11-29-54(51)66-64(44-19-5-2-6-20-44)53(62)39-60-63(61)52-28-10-14-32-59(52)70-60/h1-40H. The van der Waals surface area contributed by atoms with E-state index in [0.29, 0.717) is 5.82 Å². The number of rotatable bonds is 7. The fourth-order valence-corrected chi connectivity index (χ4v) is 10.6. The van der Waals surface area contributed by atoms with Crippen molar-refractivity contribution in [1.82, 2.24) is 19.5 Å². The van der Waals surface area contributed by atoms with Crippen molar-refractivity contribution in [2.45, 2.75) is 0 Å². The van der Waals surface area contributed by atoms with Crippen LogP contribution in [0.5, 0.6) is 0 Å². The molecule has 0 amide bonds. The van der Waals surface area contributed by atoms with Gasteiger partial charge in [0.25, 0.3) is 0 Å². The summed E-state index contributed by atoms with van der Waals surface area (Å²) < 4.78 is 9.00. The largest absolute Gasteiger partial charge is 0.456 e. The van der Waals surface area contributed by atoms with Crippen molar-refractivity contribution in [3.05, 3.63) is 243 Å². The number of hydrogen-bond acceptors (Lipinski definition) is 4. The van der Waals surface area contributed by atoms with Gasteiger partial charge in [-0.25, -0.2) is 15.0 Å². The summed E-state index contributed by atoms with van der Waals surface area (Å²) in [6, 6.07) is 85.5. The Morgan fingerprint density at radius 3 is 1.64 bits per heavy atom. The fraction of sp³-hybridized carbons (Fsp3) is 0. The molecular formula is C65H40N4O. The Bertz CT molecular complexity index is 4290. The van der Waals surface area contributed by atoms with Crippen LogP contribution in [-0.4, -0.2) is 19.5 Å². The minimum Gasteiger partial charge on any atom is -0.456 e. The summed E-state index contributed by atoms with van der Waals surface area (Å²) in [7, 11) is 0. The molecule has 5 nitrogen and oxygen atoms in total. The second kappa shape index (κ2) is 16.1. The molecule has 0 fully saturated rings. The van der Waals surface area contributed by atoms with E-state index in [0.717, 1.165) is 122 Å². The van der Waals surface area contributed by atoms with Gasteiger partial charge in [-0.05, 0) is 71.3 Å². The van der Waals surface area contributed by atoms with Crippen LogP contribution in [0.4, 0.5) is 0 Å². The number of fused-ring (bicyclic) bond motifs is 9. The normalized spacial score (nSPS) is 11.7. The van der Waals surface area contributed by atoms with Gasteiger partial charge in [-0.15, -0.1) is 0 Å². The molecule has 5 heteroatoms. The Kier molecular flexibility index (Phi) is 9.14. The molecule has 0 unspecified atom stereocenters. The van der Waals surface area contributed by atoms with Gasteiger partial charge in [-0.2, -0.15) is 0 Å². The van der Waals surface area contributed by atoms with E-state index in [4.69, 9.17) is 19.4 Å². The van der Waals surface area contributed by atoms with Crippen molar-refractivity contribution < 1.29 is 4.42 Å². The van der Waals surface area contributed by atoms with Gasteiger partial charge >= 0.3 is 0 Å². The first kappa shape index (κ1) is 39.7. The predicted octanol–water partition coefficient (Wildman–Crippen LogP) is 17.2. The zero-order valence-corrected chi connectivity index (χ0v) is 37.8. The topological polar surface area (TPSA) is 56.7 Å². The number of furan rings is 1. The van der Waals surface area contributed by atoms with Gasteiger partial charge in [0.2, 0.25) is 0 Å². The molecule has 0 radical (unpaired) electrons. The average Bonchev–Trinajstić information content (AvgIpc) is 3.98. The highest BCUT2D eigenvalue weighted by atomic mass is 16.3. The zero-order valence-electron chi connectivity index (χ0n) is 37.8. The average molecular weight is 893 g/mol. The third-order valence-electron chi connectivity index (χ3n) is 13.8. The Hall–Kier alpha value is -9.45. The number of aromatic nitrogens is 4. The number of nitrogens with zero attached hydrogens (tertiary/aromatic N) is 4. The summed E-state index contributed by atoms with van der Waals surface area (Å²) in [5.41, 5.74) is 17.2. The second-order valence-electron chi connectivity index (χ2n) is 17.9.